The van der Waals surface area contributed by atoms with Crippen LogP contribution in [0.4, 0.5) is 27.1 Å². The Hall–Kier alpha value is -4.65. The van der Waals surface area contributed by atoms with Crippen LogP contribution in [-0.2, 0) is 0 Å². The zero-order valence-electron chi connectivity index (χ0n) is 21.2. The Balaban J connectivity index is 1.39. The van der Waals surface area contributed by atoms with Crippen LogP contribution in [0.15, 0.2) is 91.0 Å². The molecule has 2 N–H and O–H groups in total. The number of hydrogen-bond donors (Lipinski definition) is 2. The summed E-state index contributed by atoms with van der Waals surface area (Å²) in [4.78, 5) is 28.9. The number of carbonyl (C=O) groups excluding carboxylic acids is 2. The quantitative estimate of drug-likeness (QED) is 0.323. The lowest BCUT2D eigenvalue weighted by atomic mass is 10.0. The summed E-state index contributed by atoms with van der Waals surface area (Å²) < 4.78 is 14.2. The SMILES string of the molecule is CN(C)c1ccc(NC(=O)c2ccc(-c3ccc(C(=O)Nc4ccc(N(C)C)c(F)c4)cc3)cc2)cc1. The number of hydrogen-bond acceptors (Lipinski definition) is 4. The molecular weight excluding hydrogens is 467 g/mol. The second-order valence-electron chi connectivity index (χ2n) is 9.06. The molecule has 0 saturated heterocycles. The summed E-state index contributed by atoms with van der Waals surface area (Å²) in [5.41, 5.74) is 5.44. The van der Waals surface area contributed by atoms with Gasteiger partial charge in [-0.1, -0.05) is 24.3 Å². The third-order valence-corrected chi connectivity index (χ3v) is 5.96. The molecule has 0 unspecified atom stereocenters. The standard InChI is InChI=1S/C30H29FN4O2/c1-34(2)26-16-13-24(14-17-26)32-29(36)22-9-5-20(6-10-22)21-7-11-23(12-8-21)30(37)33-25-15-18-28(35(3)4)27(31)19-25/h5-19H,1-4H3,(H,32,36)(H,33,37). The van der Waals surface area contributed by atoms with Crippen molar-refractivity contribution in [1.29, 1.82) is 0 Å². The maximum atomic E-state index is 14.2. The zero-order valence-corrected chi connectivity index (χ0v) is 21.2. The number of carbonyl (C=O) groups is 2. The van der Waals surface area contributed by atoms with E-state index in [0.29, 0.717) is 22.5 Å². The fourth-order valence-corrected chi connectivity index (χ4v) is 3.82. The van der Waals surface area contributed by atoms with Crippen molar-refractivity contribution in [2.24, 2.45) is 0 Å². The lowest BCUT2D eigenvalue weighted by Gasteiger charge is -2.14. The van der Waals surface area contributed by atoms with Gasteiger partial charge in [0.25, 0.3) is 11.8 Å². The number of nitrogens with one attached hydrogen (secondary N) is 2. The smallest absolute Gasteiger partial charge is 0.255 e. The number of halogens is 1. The molecule has 0 aliphatic carbocycles. The van der Waals surface area contributed by atoms with Crippen LogP contribution in [0, 0.1) is 5.82 Å². The van der Waals surface area contributed by atoms with E-state index in [2.05, 4.69) is 10.6 Å². The van der Waals surface area contributed by atoms with Gasteiger partial charge in [0.05, 0.1) is 5.69 Å². The van der Waals surface area contributed by atoms with Crippen molar-refractivity contribution in [2.75, 3.05) is 48.6 Å². The average molecular weight is 497 g/mol. The molecular formula is C30H29FN4O2. The van der Waals surface area contributed by atoms with Crippen LogP contribution in [0.5, 0.6) is 0 Å². The van der Waals surface area contributed by atoms with Crippen LogP contribution in [0.1, 0.15) is 20.7 Å². The molecule has 0 aliphatic heterocycles. The van der Waals surface area contributed by atoms with Crippen molar-refractivity contribution < 1.29 is 14.0 Å². The summed E-state index contributed by atoms with van der Waals surface area (Å²) in [5.74, 6) is -0.919. The summed E-state index contributed by atoms with van der Waals surface area (Å²) in [6, 6.07) is 26.6. The second-order valence-corrected chi connectivity index (χ2v) is 9.06. The highest BCUT2D eigenvalue weighted by molar-refractivity contribution is 6.05. The van der Waals surface area contributed by atoms with E-state index >= 15 is 0 Å². The molecule has 0 radical (unpaired) electrons. The minimum Gasteiger partial charge on any atom is -0.378 e. The summed E-state index contributed by atoms with van der Waals surface area (Å²) in [7, 11) is 7.44. The predicted molar refractivity (Wildman–Crippen MR) is 149 cm³/mol. The van der Waals surface area contributed by atoms with Crippen molar-refractivity contribution in [3.8, 4) is 11.1 Å². The van der Waals surface area contributed by atoms with Gasteiger partial charge in [0, 0.05) is 56.4 Å². The van der Waals surface area contributed by atoms with Crippen molar-refractivity contribution in [2.45, 2.75) is 0 Å². The summed E-state index contributed by atoms with van der Waals surface area (Å²) >= 11 is 0. The first-order valence-electron chi connectivity index (χ1n) is 11.8. The molecule has 0 aliphatic rings. The largest absolute Gasteiger partial charge is 0.378 e. The lowest BCUT2D eigenvalue weighted by Crippen LogP contribution is -2.14. The molecule has 0 atom stereocenters. The van der Waals surface area contributed by atoms with Crippen LogP contribution >= 0.6 is 0 Å². The van der Waals surface area contributed by atoms with Gasteiger partial charge in [-0.3, -0.25) is 9.59 Å². The fourth-order valence-electron chi connectivity index (χ4n) is 3.82. The van der Waals surface area contributed by atoms with E-state index in [1.807, 2.05) is 67.5 Å². The third-order valence-electron chi connectivity index (χ3n) is 5.96. The molecule has 0 spiro atoms. The highest BCUT2D eigenvalue weighted by Gasteiger charge is 2.11. The van der Waals surface area contributed by atoms with Crippen LogP contribution in [0.2, 0.25) is 0 Å². The van der Waals surface area contributed by atoms with Crippen molar-refractivity contribution in [1.82, 2.24) is 0 Å². The highest BCUT2D eigenvalue weighted by Crippen LogP contribution is 2.24. The number of rotatable bonds is 7. The van der Waals surface area contributed by atoms with E-state index in [4.69, 9.17) is 0 Å². The number of anilines is 4. The van der Waals surface area contributed by atoms with Crippen molar-refractivity contribution in [3.63, 3.8) is 0 Å². The monoisotopic (exact) mass is 496 g/mol. The molecule has 2 amide bonds. The van der Waals surface area contributed by atoms with Gasteiger partial charge in [-0.05, 0) is 77.9 Å². The van der Waals surface area contributed by atoms with Crippen molar-refractivity contribution in [3.05, 3.63) is 108 Å². The van der Waals surface area contributed by atoms with Gasteiger partial charge in [0.2, 0.25) is 0 Å². The van der Waals surface area contributed by atoms with E-state index in [9.17, 15) is 14.0 Å². The Morgan fingerprint density at radius 3 is 1.49 bits per heavy atom. The molecule has 4 aromatic rings. The Bertz CT molecular complexity index is 1400. The normalized spacial score (nSPS) is 10.5. The molecule has 7 heteroatoms. The average Bonchev–Trinajstić information content (AvgIpc) is 2.89. The summed E-state index contributed by atoms with van der Waals surface area (Å²) in [6.07, 6.45) is 0. The number of nitrogens with zero attached hydrogens (tertiary/aromatic N) is 2. The second kappa shape index (κ2) is 11.0. The minimum atomic E-state index is -0.405. The van der Waals surface area contributed by atoms with Crippen LogP contribution in [0.3, 0.4) is 0 Å². The van der Waals surface area contributed by atoms with E-state index in [-0.39, 0.29) is 11.8 Å². The maximum absolute atomic E-state index is 14.2. The Morgan fingerprint density at radius 2 is 1.05 bits per heavy atom. The topological polar surface area (TPSA) is 64.7 Å². The highest BCUT2D eigenvalue weighted by atomic mass is 19.1. The lowest BCUT2D eigenvalue weighted by molar-refractivity contribution is 0.101. The molecule has 188 valence electrons. The van der Waals surface area contributed by atoms with Gasteiger partial charge < -0.3 is 20.4 Å². The number of benzene rings is 4. The maximum Gasteiger partial charge on any atom is 0.255 e. The molecule has 37 heavy (non-hydrogen) atoms. The van der Waals surface area contributed by atoms with E-state index in [1.54, 1.807) is 55.4 Å². The summed E-state index contributed by atoms with van der Waals surface area (Å²) in [5, 5.41) is 5.64. The molecule has 6 nitrogen and oxygen atoms in total. The third kappa shape index (κ3) is 6.13. The first kappa shape index (κ1) is 25.4. The Labute approximate surface area is 216 Å². The van der Waals surface area contributed by atoms with E-state index < -0.39 is 5.82 Å². The predicted octanol–water partition coefficient (Wildman–Crippen LogP) is 6.13. The summed E-state index contributed by atoms with van der Waals surface area (Å²) in [6.45, 7) is 0. The van der Waals surface area contributed by atoms with Gasteiger partial charge in [0.1, 0.15) is 5.82 Å². The van der Waals surface area contributed by atoms with Crippen LogP contribution in [0.25, 0.3) is 11.1 Å². The van der Waals surface area contributed by atoms with Gasteiger partial charge in [-0.15, -0.1) is 0 Å². The molecule has 0 heterocycles. The van der Waals surface area contributed by atoms with Crippen molar-refractivity contribution >= 4 is 34.6 Å². The minimum absolute atomic E-state index is 0.189. The van der Waals surface area contributed by atoms with Gasteiger partial charge in [-0.25, -0.2) is 4.39 Å². The molecule has 4 aromatic carbocycles. The van der Waals surface area contributed by atoms with Gasteiger partial charge in [-0.2, -0.15) is 0 Å². The number of amides is 2. The molecule has 0 aromatic heterocycles. The first-order valence-corrected chi connectivity index (χ1v) is 11.8. The Morgan fingerprint density at radius 1 is 0.595 bits per heavy atom. The van der Waals surface area contributed by atoms with E-state index in [0.717, 1.165) is 22.5 Å². The molecule has 0 bridgehead atoms. The van der Waals surface area contributed by atoms with E-state index in [1.165, 1.54) is 6.07 Å². The zero-order chi connectivity index (χ0) is 26.5. The molecule has 0 saturated carbocycles. The fraction of sp³-hybridized carbons (Fsp3) is 0.133. The van der Waals surface area contributed by atoms with Crippen LogP contribution < -0.4 is 20.4 Å². The first-order chi connectivity index (χ1) is 17.7. The van der Waals surface area contributed by atoms with Gasteiger partial charge in [0.15, 0.2) is 0 Å². The molecule has 0 fully saturated rings. The Kier molecular flexibility index (Phi) is 7.53. The van der Waals surface area contributed by atoms with Crippen LogP contribution in [-0.4, -0.2) is 40.0 Å². The molecule has 4 rings (SSSR count). The van der Waals surface area contributed by atoms with Gasteiger partial charge >= 0.3 is 0 Å².